The van der Waals surface area contributed by atoms with Gasteiger partial charge in [-0.3, -0.25) is 19.1 Å². The summed E-state index contributed by atoms with van der Waals surface area (Å²) in [5.41, 5.74) is 12.5. The van der Waals surface area contributed by atoms with Crippen molar-refractivity contribution in [1.82, 2.24) is 15.1 Å². The van der Waals surface area contributed by atoms with Gasteiger partial charge in [-0.25, -0.2) is 0 Å². The van der Waals surface area contributed by atoms with Gasteiger partial charge in [-0.15, -0.1) is 0 Å². The first-order chi connectivity index (χ1) is 14.1. The third kappa shape index (κ3) is 4.32. The second-order valence-corrected chi connectivity index (χ2v) is 8.26. The largest absolute Gasteiger partial charge is 0.368 e. The normalized spacial score (nSPS) is 12.5. The molecule has 3 aromatic rings. The number of aromatic nitrogens is 2. The molecule has 3 rings (SSSR count). The van der Waals surface area contributed by atoms with Crippen molar-refractivity contribution in [3.8, 4) is 0 Å². The average molecular weight is 407 g/mol. The zero-order chi connectivity index (χ0) is 22.1. The molecular weight excluding hydrogens is 382 g/mol. The van der Waals surface area contributed by atoms with Crippen LogP contribution in [0.5, 0.6) is 0 Å². The van der Waals surface area contributed by atoms with Crippen LogP contribution in [0.25, 0.3) is 10.9 Å². The molecule has 1 aromatic heterocycles. The number of fused-ring (bicyclic) bond motifs is 1. The Kier molecular flexibility index (Phi) is 5.60. The molecule has 5 N–H and O–H groups in total. The highest BCUT2D eigenvalue weighted by atomic mass is 16.2. The standard InChI is InChI=1S/C22H25N5O3/c1-22(2,3)18(20(24)29)25-21(30)17-15-6-4-5-7-16(15)27(26-17)12-13-8-10-14(11-9-13)19(23)28/h4-11,18H,12H2,1-3H3,(H2,23,28)(H2,24,29)(H,25,30). The summed E-state index contributed by atoms with van der Waals surface area (Å²) in [5.74, 6) is -1.56. The van der Waals surface area contributed by atoms with Gasteiger partial charge in [0.2, 0.25) is 11.8 Å². The molecule has 0 fully saturated rings. The molecule has 156 valence electrons. The number of benzene rings is 2. The fourth-order valence-electron chi connectivity index (χ4n) is 3.28. The smallest absolute Gasteiger partial charge is 0.273 e. The van der Waals surface area contributed by atoms with Crippen molar-refractivity contribution in [3.63, 3.8) is 0 Å². The summed E-state index contributed by atoms with van der Waals surface area (Å²) in [6.45, 7) is 5.88. The minimum Gasteiger partial charge on any atom is -0.368 e. The molecular formula is C22H25N5O3. The van der Waals surface area contributed by atoms with Crippen LogP contribution < -0.4 is 16.8 Å². The Balaban J connectivity index is 1.94. The van der Waals surface area contributed by atoms with Crippen molar-refractivity contribution in [3.05, 3.63) is 65.4 Å². The van der Waals surface area contributed by atoms with E-state index in [9.17, 15) is 14.4 Å². The third-order valence-corrected chi connectivity index (χ3v) is 4.87. The summed E-state index contributed by atoms with van der Waals surface area (Å²) in [6.07, 6.45) is 0. The van der Waals surface area contributed by atoms with Gasteiger partial charge < -0.3 is 16.8 Å². The molecule has 1 heterocycles. The molecule has 0 aliphatic heterocycles. The summed E-state index contributed by atoms with van der Waals surface area (Å²) >= 11 is 0. The SMILES string of the molecule is CC(C)(C)C(NC(=O)c1nn(Cc2ccc(C(N)=O)cc2)c2ccccc12)C(N)=O. The van der Waals surface area contributed by atoms with Crippen molar-refractivity contribution in [2.24, 2.45) is 16.9 Å². The molecule has 0 aliphatic rings. The van der Waals surface area contributed by atoms with E-state index in [-0.39, 0.29) is 5.69 Å². The maximum Gasteiger partial charge on any atom is 0.273 e. The molecule has 0 saturated heterocycles. The fraction of sp³-hybridized carbons (Fsp3) is 0.273. The van der Waals surface area contributed by atoms with Crippen molar-refractivity contribution >= 4 is 28.6 Å². The van der Waals surface area contributed by atoms with Gasteiger partial charge in [-0.1, -0.05) is 51.1 Å². The van der Waals surface area contributed by atoms with Crippen LogP contribution >= 0.6 is 0 Å². The van der Waals surface area contributed by atoms with Crippen LogP contribution in [0.2, 0.25) is 0 Å². The van der Waals surface area contributed by atoms with Gasteiger partial charge in [0, 0.05) is 10.9 Å². The third-order valence-electron chi connectivity index (χ3n) is 4.87. The molecule has 8 heteroatoms. The lowest BCUT2D eigenvalue weighted by atomic mass is 9.86. The van der Waals surface area contributed by atoms with E-state index in [1.807, 2.05) is 39.0 Å². The van der Waals surface area contributed by atoms with Crippen LogP contribution in [0.1, 0.15) is 47.2 Å². The number of hydrogen-bond donors (Lipinski definition) is 3. The molecule has 2 aromatic carbocycles. The Bertz CT molecular complexity index is 1110. The maximum atomic E-state index is 13.0. The Hall–Kier alpha value is -3.68. The first-order valence-electron chi connectivity index (χ1n) is 9.52. The molecule has 0 spiro atoms. The number of hydrogen-bond acceptors (Lipinski definition) is 4. The summed E-state index contributed by atoms with van der Waals surface area (Å²) < 4.78 is 1.71. The molecule has 0 radical (unpaired) electrons. The number of nitrogens with zero attached hydrogens (tertiary/aromatic N) is 2. The van der Waals surface area contributed by atoms with Crippen LogP contribution in [0.3, 0.4) is 0 Å². The highest BCUT2D eigenvalue weighted by Gasteiger charge is 2.32. The second kappa shape index (κ2) is 7.98. The van der Waals surface area contributed by atoms with Crippen LogP contribution in [-0.4, -0.2) is 33.5 Å². The van der Waals surface area contributed by atoms with Gasteiger partial charge in [0.25, 0.3) is 5.91 Å². The van der Waals surface area contributed by atoms with Crippen molar-refractivity contribution in [2.75, 3.05) is 0 Å². The van der Waals surface area contributed by atoms with E-state index in [4.69, 9.17) is 11.5 Å². The fourth-order valence-corrected chi connectivity index (χ4v) is 3.28. The summed E-state index contributed by atoms with van der Waals surface area (Å²) in [5, 5.41) is 7.89. The quantitative estimate of drug-likeness (QED) is 0.575. The van der Waals surface area contributed by atoms with Crippen molar-refractivity contribution in [1.29, 1.82) is 0 Å². The summed E-state index contributed by atoms with van der Waals surface area (Å²) in [4.78, 5) is 36.1. The Morgan fingerprint density at radius 1 is 1.03 bits per heavy atom. The zero-order valence-corrected chi connectivity index (χ0v) is 17.2. The van der Waals surface area contributed by atoms with Crippen LogP contribution in [0, 0.1) is 5.41 Å². The van der Waals surface area contributed by atoms with E-state index in [2.05, 4.69) is 10.4 Å². The lowest BCUT2D eigenvalue weighted by molar-refractivity contribution is -0.122. The van der Waals surface area contributed by atoms with E-state index in [0.717, 1.165) is 11.1 Å². The molecule has 8 nitrogen and oxygen atoms in total. The van der Waals surface area contributed by atoms with Crippen LogP contribution in [0.15, 0.2) is 48.5 Å². The lowest BCUT2D eigenvalue weighted by Gasteiger charge is -2.28. The van der Waals surface area contributed by atoms with Gasteiger partial charge in [-0.05, 0) is 29.2 Å². The van der Waals surface area contributed by atoms with Gasteiger partial charge >= 0.3 is 0 Å². The number of nitrogens with two attached hydrogens (primary N) is 2. The molecule has 30 heavy (non-hydrogen) atoms. The average Bonchev–Trinajstić information content (AvgIpc) is 3.04. The Morgan fingerprint density at radius 3 is 2.23 bits per heavy atom. The lowest BCUT2D eigenvalue weighted by Crippen LogP contribution is -2.52. The van der Waals surface area contributed by atoms with E-state index in [1.165, 1.54) is 0 Å². The van der Waals surface area contributed by atoms with Gasteiger partial charge in [0.1, 0.15) is 6.04 Å². The van der Waals surface area contributed by atoms with E-state index in [0.29, 0.717) is 17.5 Å². The Morgan fingerprint density at radius 2 is 1.67 bits per heavy atom. The maximum absolute atomic E-state index is 13.0. The number of nitrogens with one attached hydrogen (secondary N) is 1. The number of amides is 3. The first-order valence-corrected chi connectivity index (χ1v) is 9.52. The first kappa shape index (κ1) is 21.0. The number of carbonyl (C=O) groups is 3. The number of carbonyl (C=O) groups excluding carboxylic acids is 3. The number of rotatable bonds is 6. The van der Waals surface area contributed by atoms with Crippen molar-refractivity contribution < 1.29 is 14.4 Å². The van der Waals surface area contributed by atoms with Gasteiger partial charge in [-0.2, -0.15) is 5.10 Å². The van der Waals surface area contributed by atoms with Crippen molar-refractivity contribution in [2.45, 2.75) is 33.4 Å². The number of primary amides is 2. The molecule has 3 amide bonds. The van der Waals surface area contributed by atoms with Crippen LogP contribution in [0.4, 0.5) is 0 Å². The molecule has 1 unspecified atom stereocenters. The van der Waals surface area contributed by atoms with E-state index >= 15 is 0 Å². The van der Waals surface area contributed by atoms with E-state index < -0.39 is 29.2 Å². The highest BCUT2D eigenvalue weighted by Crippen LogP contribution is 2.22. The van der Waals surface area contributed by atoms with Crippen LogP contribution in [-0.2, 0) is 11.3 Å². The monoisotopic (exact) mass is 407 g/mol. The topological polar surface area (TPSA) is 133 Å². The minimum atomic E-state index is -0.838. The summed E-state index contributed by atoms with van der Waals surface area (Å²) in [7, 11) is 0. The molecule has 0 saturated carbocycles. The minimum absolute atomic E-state index is 0.217. The van der Waals surface area contributed by atoms with Gasteiger partial charge in [0.15, 0.2) is 5.69 Å². The predicted octanol–water partition coefficient (Wildman–Crippen LogP) is 1.81. The highest BCUT2D eigenvalue weighted by molar-refractivity contribution is 6.06. The molecule has 0 aliphatic carbocycles. The van der Waals surface area contributed by atoms with E-state index in [1.54, 1.807) is 35.0 Å². The predicted molar refractivity (Wildman–Crippen MR) is 114 cm³/mol. The summed E-state index contributed by atoms with van der Waals surface area (Å²) in [6, 6.07) is 13.4. The molecule has 1 atom stereocenters. The number of para-hydroxylation sites is 1. The second-order valence-electron chi connectivity index (χ2n) is 8.26. The van der Waals surface area contributed by atoms with Gasteiger partial charge in [0.05, 0.1) is 12.1 Å². The Labute approximate surface area is 174 Å². The zero-order valence-electron chi connectivity index (χ0n) is 17.2. The molecule has 0 bridgehead atoms.